The van der Waals surface area contributed by atoms with Gasteiger partial charge >= 0.3 is 0 Å². The summed E-state index contributed by atoms with van der Waals surface area (Å²) in [6.07, 6.45) is -0.494. The number of methoxy groups -OCH3 is 2. The summed E-state index contributed by atoms with van der Waals surface area (Å²) < 4.78 is 22.0. The third-order valence-corrected chi connectivity index (χ3v) is 5.75. The van der Waals surface area contributed by atoms with E-state index >= 15 is 0 Å². The lowest BCUT2D eigenvalue weighted by Gasteiger charge is -2.31. The van der Waals surface area contributed by atoms with Gasteiger partial charge in [0.2, 0.25) is 5.82 Å². The van der Waals surface area contributed by atoms with E-state index in [9.17, 15) is 4.79 Å². The average molecular weight is 445 g/mol. The van der Waals surface area contributed by atoms with Crippen molar-refractivity contribution in [2.45, 2.75) is 6.10 Å². The number of aromatic nitrogens is 2. The van der Waals surface area contributed by atoms with Crippen molar-refractivity contribution in [1.82, 2.24) is 15.0 Å². The summed E-state index contributed by atoms with van der Waals surface area (Å²) in [5.74, 6) is 2.22. The first-order valence-corrected chi connectivity index (χ1v) is 10.6. The largest absolute Gasteiger partial charge is 0.497 e. The maximum atomic E-state index is 13.4. The van der Waals surface area contributed by atoms with Crippen molar-refractivity contribution in [3.05, 3.63) is 72.1 Å². The Morgan fingerprint density at radius 1 is 1.00 bits per heavy atom. The smallest absolute Gasteiger partial charge is 0.257 e. The molecule has 8 nitrogen and oxygen atoms in total. The number of fused-ring (bicyclic) bond motifs is 1. The summed E-state index contributed by atoms with van der Waals surface area (Å²) in [6.45, 7) is 1.18. The fraction of sp³-hybridized carbons (Fsp3) is 0.240. The summed E-state index contributed by atoms with van der Waals surface area (Å²) in [5.41, 5.74) is 1.43. The highest BCUT2D eigenvalue weighted by atomic mass is 16.5. The van der Waals surface area contributed by atoms with Crippen LogP contribution in [-0.2, 0) is 4.74 Å². The molecular weight excluding hydrogens is 422 g/mol. The number of nitrogens with zero attached hydrogens (tertiary/aromatic N) is 3. The molecular formula is C25H23N3O5. The van der Waals surface area contributed by atoms with E-state index in [2.05, 4.69) is 10.1 Å². The standard InChI is InChI=1S/C25H23N3O5/c1-30-17-9-7-16(8-10-17)23-26-24(33-27-23)22-15-28(13-14-32-22)25(29)20-11-12-21(31-2)19-6-4-3-5-18(19)20/h3-12,22H,13-15H2,1-2H3/t22-/m1/s1. The molecule has 1 aliphatic rings. The van der Waals surface area contributed by atoms with Crippen LogP contribution in [0.4, 0.5) is 0 Å². The lowest BCUT2D eigenvalue weighted by atomic mass is 10.0. The predicted molar refractivity (Wildman–Crippen MR) is 121 cm³/mol. The second-order valence-corrected chi connectivity index (χ2v) is 7.66. The number of carbonyl (C=O) groups excluding carboxylic acids is 1. The van der Waals surface area contributed by atoms with E-state index in [1.54, 1.807) is 19.1 Å². The average Bonchev–Trinajstić information content (AvgIpc) is 3.38. The zero-order chi connectivity index (χ0) is 22.8. The van der Waals surface area contributed by atoms with Crippen molar-refractivity contribution in [2.75, 3.05) is 33.9 Å². The van der Waals surface area contributed by atoms with Crippen LogP contribution < -0.4 is 9.47 Å². The monoisotopic (exact) mass is 445 g/mol. The minimum atomic E-state index is -0.494. The van der Waals surface area contributed by atoms with Crippen LogP contribution in [0.25, 0.3) is 22.2 Å². The van der Waals surface area contributed by atoms with Crippen molar-refractivity contribution >= 4 is 16.7 Å². The molecule has 1 aliphatic heterocycles. The van der Waals surface area contributed by atoms with Crippen LogP contribution >= 0.6 is 0 Å². The van der Waals surface area contributed by atoms with Crippen LogP contribution in [0.1, 0.15) is 22.4 Å². The van der Waals surface area contributed by atoms with Crippen LogP contribution in [0.3, 0.4) is 0 Å². The van der Waals surface area contributed by atoms with Crippen LogP contribution in [0.5, 0.6) is 11.5 Å². The molecule has 1 aromatic heterocycles. The number of ether oxygens (including phenoxy) is 3. The molecule has 0 bridgehead atoms. The molecule has 0 saturated carbocycles. The molecule has 168 valence electrons. The number of hydrogen-bond donors (Lipinski definition) is 0. The predicted octanol–water partition coefficient (Wildman–Crippen LogP) is 4.12. The highest BCUT2D eigenvalue weighted by Crippen LogP contribution is 2.31. The van der Waals surface area contributed by atoms with Gasteiger partial charge in [0.1, 0.15) is 11.5 Å². The Labute approximate surface area is 190 Å². The van der Waals surface area contributed by atoms with Gasteiger partial charge in [-0.15, -0.1) is 0 Å². The highest BCUT2D eigenvalue weighted by Gasteiger charge is 2.31. The zero-order valence-corrected chi connectivity index (χ0v) is 18.4. The van der Waals surface area contributed by atoms with Crippen molar-refractivity contribution in [1.29, 1.82) is 0 Å². The lowest BCUT2D eigenvalue weighted by Crippen LogP contribution is -2.42. The molecule has 8 heteroatoms. The summed E-state index contributed by atoms with van der Waals surface area (Å²) in [5, 5.41) is 5.83. The highest BCUT2D eigenvalue weighted by molar-refractivity contribution is 6.08. The first-order chi connectivity index (χ1) is 16.2. The summed E-state index contributed by atoms with van der Waals surface area (Å²) in [7, 11) is 3.24. The molecule has 0 aliphatic carbocycles. The minimum Gasteiger partial charge on any atom is -0.497 e. The fourth-order valence-electron chi connectivity index (χ4n) is 4.01. The SMILES string of the molecule is COc1ccc(-c2noc([C@H]3CN(C(=O)c4ccc(OC)c5ccccc45)CCO3)n2)cc1. The van der Waals surface area contributed by atoms with Gasteiger partial charge in [-0.25, -0.2) is 0 Å². The normalized spacial score (nSPS) is 16.1. The maximum absolute atomic E-state index is 13.4. The lowest BCUT2D eigenvalue weighted by molar-refractivity contribution is -0.0366. The van der Waals surface area contributed by atoms with Crippen molar-refractivity contribution in [3.63, 3.8) is 0 Å². The van der Waals surface area contributed by atoms with Gasteiger partial charge in [-0.05, 0) is 41.8 Å². The summed E-state index contributed by atoms with van der Waals surface area (Å²) >= 11 is 0. The molecule has 1 atom stereocenters. The third-order valence-electron chi connectivity index (χ3n) is 5.75. The molecule has 0 radical (unpaired) electrons. The van der Waals surface area contributed by atoms with E-state index in [-0.39, 0.29) is 5.91 Å². The Morgan fingerprint density at radius 3 is 2.55 bits per heavy atom. The number of hydrogen-bond acceptors (Lipinski definition) is 7. The molecule has 4 aromatic rings. The van der Waals surface area contributed by atoms with Crippen LogP contribution in [-0.4, -0.2) is 54.9 Å². The molecule has 5 rings (SSSR count). The Balaban J connectivity index is 1.37. The van der Waals surface area contributed by atoms with Gasteiger partial charge in [0, 0.05) is 23.1 Å². The van der Waals surface area contributed by atoms with Crippen molar-refractivity contribution in [2.24, 2.45) is 0 Å². The molecule has 1 saturated heterocycles. The number of amides is 1. The van der Waals surface area contributed by atoms with E-state index in [1.165, 1.54) is 0 Å². The van der Waals surface area contributed by atoms with E-state index in [1.807, 2.05) is 60.7 Å². The molecule has 33 heavy (non-hydrogen) atoms. The molecule has 0 N–H and O–H groups in total. The van der Waals surface area contributed by atoms with Crippen LogP contribution in [0.2, 0.25) is 0 Å². The van der Waals surface area contributed by atoms with Gasteiger partial charge in [0.05, 0.1) is 27.4 Å². The Bertz CT molecular complexity index is 1280. The van der Waals surface area contributed by atoms with Gasteiger partial charge in [0.15, 0.2) is 6.10 Å². The zero-order valence-electron chi connectivity index (χ0n) is 18.4. The second-order valence-electron chi connectivity index (χ2n) is 7.66. The number of carbonyl (C=O) groups is 1. The van der Waals surface area contributed by atoms with Crippen LogP contribution in [0.15, 0.2) is 65.2 Å². The molecule has 3 aromatic carbocycles. The van der Waals surface area contributed by atoms with E-state index in [0.29, 0.717) is 37.0 Å². The second kappa shape index (κ2) is 8.91. The first-order valence-electron chi connectivity index (χ1n) is 10.6. The van der Waals surface area contributed by atoms with E-state index in [4.69, 9.17) is 18.7 Å². The first kappa shape index (κ1) is 21.0. The number of rotatable bonds is 5. The minimum absolute atomic E-state index is 0.0722. The molecule has 0 spiro atoms. The summed E-state index contributed by atoms with van der Waals surface area (Å²) in [4.78, 5) is 19.7. The van der Waals surface area contributed by atoms with E-state index in [0.717, 1.165) is 27.8 Å². The topological polar surface area (TPSA) is 86.9 Å². The fourth-order valence-corrected chi connectivity index (χ4v) is 4.01. The molecule has 1 amide bonds. The van der Waals surface area contributed by atoms with Gasteiger partial charge < -0.3 is 23.6 Å². The van der Waals surface area contributed by atoms with Crippen molar-refractivity contribution in [3.8, 4) is 22.9 Å². The van der Waals surface area contributed by atoms with E-state index < -0.39 is 6.10 Å². The molecule has 2 heterocycles. The Hall–Kier alpha value is -3.91. The number of morpholine rings is 1. The maximum Gasteiger partial charge on any atom is 0.257 e. The Morgan fingerprint density at radius 2 is 1.79 bits per heavy atom. The van der Waals surface area contributed by atoms with Crippen LogP contribution in [0, 0.1) is 0 Å². The Kier molecular flexibility index (Phi) is 5.66. The molecule has 1 fully saturated rings. The van der Waals surface area contributed by atoms with Crippen molar-refractivity contribution < 1.29 is 23.5 Å². The van der Waals surface area contributed by atoms with Gasteiger partial charge in [-0.2, -0.15) is 4.98 Å². The number of benzene rings is 3. The van der Waals surface area contributed by atoms with Gasteiger partial charge in [-0.3, -0.25) is 4.79 Å². The van der Waals surface area contributed by atoms with Gasteiger partial charge in [0.25, 0.3) is 11.8 Å². The molecule has 0 unspecified atom stereocenters. The third kappa shape index (κ3) is 4.01. The van der Waals surface area contributed by atoms with Gasteiger partial charge in [-0.1, -0.05) is 29.4 Å². The quantitative estimate of drug-likeness (QED) is 0.457. The summed E-state index contributed by atoms with van der Waals surface area (Å²) in [6, 6.07) is 18.8.